The van der Waals surface area contributed by atoms with Crippen LogP contribution in [0.1, 0.15) is 37.0 Å². The minimum atomic E-state index is -1.05. The Labute approximate surface area is 143 Å². The van der Waals surface area contributed by atoms with Crippen LogP contribution in [0.5, 0.6) is 0 Å². The van der Waals surface area contributed by atoms with Gasteiger partial charge in [-0.05, 0) is 36.6 Å². The average molecular weight is 385 g/mol. The minimum Gasteiger partial charge on any atom is -0.480 e. The number of aliphatic carboxylic acids is 1. The lowest BCUT2D eigenvalue weighted by Gasteiger charge is -2.16. The number of carboxylic acids is 1. The van der Waals surface area contributed by atoms with Gasteiger partial charge in [0.25, 0.3) is 5.91 Å². The van der Waals surface area contributed by atoms with Gasteiger partial charge in [-0.15, -0.1) is 0 Å². The van der Waals surface area contributed by atoms with E-state index in [1.165, 1.54) is 0 Å². The Morgan fingerprint density at radius 1 is 1.17 bits per heavy atom. The van der Waals surface area contributed by atoms with Gasteiger partial charge in [0.15, 0.2) is 0 Å². The maximum Gasteiger partial charge on any atom is 0.326 e. The first-order valence-electron chi connectivity index (χ1n) is 7.35. The molecule has 0 saturated heterocycles. The summed E-state index contributed by atoms with van der Waals surface area (Å²) >= 11 is 3.29. The number of amides is 2. The molecule has 1 aromatic carbocycles. The Hall–Kier alpha value is -1.89. The zero-order valence-corrected chi connectivity index (χ0v) is 14.7. The Morgan fingerprint density at radius 3 is 2.30 bits per heavy atom. The fourth-order valence-electron chi connectivity index (χ4n) is 1.95. The van der Waals surface area contributed by atoms with Crippen molar-refractivity contribution in [2.24, 2.45) is 5.92 Å². The van der Waals surface area contributed by atoms with E-state index in [2.05, 4.69) is 26.6 Å². The molecular weight excluding hydrogens is 364 g/mol. The van der Waals surface area contributed by atoms with Crippen molar-refractivity contribution >= 4 is 33.7 Å². The number of carbonyl (C=O) groups is 3. The molecule has 0 aliphatic rings. The molecule has 0 bridgehead atoms. The van der Waals surface area contributed by atoms with Gasteiger partial charge in [0.1, 0.15) is 6.04 Å². The minimum absolute atomic E-state index is 0.0319. The molecule has 1 rings (SSSR count). The van der Waals surface area contributed by atoms with E-state index in [9.17, 15) is 14.4 Å². The van der Waals surface area contributed by atoms with Crippen molar-refractivity contribution in [1.82, 2.24) is 10.6 Å². The monoisotopic (exact) mass is 384 g/mol. The zero-order chi connectivity index (χ0) is 17.4. The van der Waals surface area contributed by atoms with E-state index >= 15 is 0 Å². The molecule has 0 spiro atoms. The lowest BCUT2D eigenvalue weighted by Crippen LogP contribution is -2.42. The van der Waals surface area contributed by atoms with Crippen LogP contribution in [0.3, 0.4) is 0 Å². The summed E-state index contributed by atoms with van der Waals surface area (Å²) in [6.45, 7) is 3.93. The van der Waals surface area contributed by atoms with Gasteiger partial charge in [0, 0.05) is 23.0 Å². The number of carbonyl (C=O) groups excluding carboxylic acids is 2. The third-order valence-corrected chi connectivity index (χ3v) is 3.61. The largest absolute Gasteiger partial charge is 0.480 e. The molecule has 0 unspecified atom stereocenters. The number of nitrogens with one attached hydrogen (secondary N) is 2. The Morgan fingerprint density at radius 2 is 1.78 bits per heavy atom. The van der Waals surface area contributed by atoms with E-state index in [0.717, 1.165) is 4.47 Å². The zero-order valence-electron chi connectivity index (χ0n) is 13.1. The second-order valence-electron chi connectivity index (χ2n) is 5.60. The number of carboxylic acid groups (broad SMARTS) is 1. The van der Waals surface area contributed by atoms with Crippen molar-refractivity contribution in [2.45, 2.75) is 32.7 Å². The molecule has 0 aromatic heterocycles. The van der Waals surface area contributed by atoms with E-state index in [4.69, 9.17) is 5.11 Å². The maximum absolute atomic E-state index is 11.9. The van der Waals surface area contributed by atoms with Crippen LogP contribution in [-0.2, 0) is 9.59 Å². The number of benzene rings is 1. The normalized spacial score (nSPS) is 11.8. The molecule has 0 aliphatic carbocycles. The highest BCUT2D eigenvalue weighted by atomic mass is 79.9. The summed E-state index contributed by atoms with van der Waals surface area (Å²) in [6, 6.07) is 5.95. The molecule has 0 aliphatic heterocycles. The van der Waals surface area contributed by atoms with Crippen LogP contribution in [0, 0.1) is 5.92 Å². The smallest absolute Gasteiger partial charge is 0.326 e. The molecule has 2 amide bonds. The van der Waals surface area contributed by atoms with Gasteiger partial charge in [-0.2, -0.15) is 0 Å². The standard InChI is InChI=1S/C16H21BrN2O4/c1-10(2)9-13(16(22)23)19-14(20)7-8-18-15(21)11-3-5-12(17)6-4-11/h3-6,10,13H,7-9H2,1-2H3,(H,18,21)(H,19,20)(H,22,23)/t13-/m1/s1. The van der Waals surface area contributed by atoms with E-state index < -0.39 is 17.9 Å². The Kier molecular flexibility index (Phi) is 7.74. The molecule has 7 heteroatoms. The number of hydrogen-bond donors (Lipinski definition) is 3. The van der Waals surface area contributed by atoms with E-state index in [1.807, 2.05) is 13.8 Å². The molecule has 0 saturated carbocycles. The topological polar surface area (TPSA) is 95.5 Å². The van der Waals surface area contributed by atoms with Crippen LogP contribution >= 0.6 is 15.9 Å². The third kappa shape index (κ3) is 7.27. The van der Waals surface area contributed by atoms with E-state index in [0.29, 0.717) is 12.0 Å². The quantitative estimate of drug-likeness (QED) is 0.639. The summed E-state index contributed by atoms with van der Waals surface area (Å²) in [5.41, 5.74) is 0.497. The van der Waals surface area contributed by atoms with Crippen LogP contribution in [0.15, 0.2) is 28.7 Å². The number of halogens is 1. The summed E-state index contributed by atoms with van der Waals surface area (Å²) in [7, 11) is 0. The van der Waals surface area contributed by atoms with Gasteiger partial charge >= 0.3 is 5.97 Å². The summed E-state index contributed by atoms with van der Waals surface area (Å²) in [5.74, 6) is -1.56. The predicted molar refractivity (Wildman–Crippen MR) is 90.1 cm³/mol. The number of hydrogen-bond acceptors (Lipinski definition) is 3. The average Bonchev–Trinajstić information content (AvgIpc) is 2.46. The Balaban J connectivity index is 2.39. The Bertz CT molecular complexity index is 558. The highest BCUT2D eigenvalue weighted by Gasteiger charge is 2.20. The SMILES string of the molecule is CC(C)C[C@@H](NC(=O)CCNC(=O)c1ccc(Br)cc1)C(=O)O. The van der Waals surface area contributed by atoms with Gasteiger partial charge in [-0.25, -0.2) is 4.79 Å². The van der Waals surface area contributed by atoms with Crippen molar-refractivity contribution in [3.8, 4) is 0 Å². The fraction of sp³-hybridized carbons (Fsp3) is 0.438. The van der Waals surface area contributed by atoms with Gasteiger partial charge in [0.2, 0.25) is 5.91 Å². The highest BCUT2D eigenvalue weighted by Crippen LogP contribution is 2.10. The van der Waals surface area contributed by atoms with Crippen LogP contribution < -0.4 is 10.6 Å². The van der Waals surface area contributed by atoms with Crippen LogP contribution in [0.2, 0.25) is 0 Å². The molecule has 1 atom stereocenters. The third-order valence-electron chi connectivity index (χ3n) is 3.08. The van der Waals surface area contributed by atoms with Crippen LogP contribution in [0.25, 0.3) is 0 Å². The predicted octanol–water partition coefficient (Wildman–Crippen LogP) is 2.18. The summed E-state index contributed by atoms with van der Waals surface area (Å²) < 4.78 is 0.873. The van der Waals surface area contributed by atoms with E-state index in [-0.39, 0.29) is 24.8 Å². The van der Waals surface area contributed by atoms with Crippen molar-refractivity contribution < 1.29 is 19.5 Å². The van der Waals surface area contributed by atoms with Crippen molar-refractivity contribution in [3.05, 3.63) is 34.3 Å². The molecule has 6 nitrogen and oxygen atoms in total. The second kappa shape index (κ2) is 9.29. The lowest BCUT2D eigenvalue weighted by molar-refractivity contribution is -0.142. The molecule has 23 heavy (non-hydrogen) atoms. The first-order valence-corrected chi connectivity index (χ1v) is 8.14. The van der Waals surface area contributed by atoms with Gasteiger partial charge in [0.05, 0.1) is 0 Å². The van der Waals surface area contributed by atoms with Crippen molar-refractivity contribution in [1.29, 1.82) is 0 Å². The van der Waals surface area contributed by atoms with E-state index in [1.54, 1.807) is 24.3 Å². The first kappa shape index (κ1) is 19.2. The molecule has 0 radical (unpaired) electrons. The van der Waals surface area contributed by atoms with Crippen molar-refractivity contribution in [2.75, 3.05) is 6.54 Å². The summed E-state index contributed by atoms with van der Waals surface area (Å²) in [4.78, 5) is 34.7. The molecule has 3 N–H and O–H groups in total. The van der Waals surface area contributed by atoms with Gasteiger partial charge in [-0.3, -0.25) is 9.59 Å². The summed E-state index contributed by atoms with van der Waals surface area (Å²) in [6.07, 6.45) is 0.399. The van der Waals surface area contributed by atoms with Crippen LogP contribution in [-0.4, -0.2) is 35.5 Å². The van der Waals surface area contributed by atoms with Gasteiger partial charge < -0.3 is 15.7 Å². The first-order chi connectivity index (χ1) is 10.8. The second-order valence-corrected chi connectivity index (χ2v) is 6.52. The van der Waals surface area contributed by atoms with Crippen molar-refractivity contribution in [3.63, 3.8) is 0 Å². The molecule has 0 heterocycles. The fourth-order valence-corrected chi connectivity index (χ4v) is 2.22. The van der Waals surface area contributed by atoms with Crippen LogP contribution in [0.4, 0.5) is 0 Å². The summed E-state index contributed by atoms with van der Waals surface area (Å²) in [5, 5.41) is 14.2. The molecular formula is C16H21BrN2O4. The maximum atomic E-state index is 11.9. The molecule has 126 valence electrons. The van der Waals surface area contributed by atoms with Gasteiger partial charge in [-0.1, -0.05) is 29.8 Å². The number of rotatable bonds is 8. The molecule has 1 aromatic rings. The molecule has 0 fully saturated rings. The lowest BCUT2D eigenvalue weighted by atomic mass is 10.0. The highest BCUT2D eigenvalue weighted by molar-refractivity contribution is 9.10.